The maximum Gasteiger partial charge on any atom is 0.242 e. The van der Waals surface area contributed by atoms with Gasteiger partial charge in [0.1, 0.15) is 5.75 Å². The fourth-order valence-corrected chi connectivity index (χ4v) is 2.10. The SMILES string of the molecule is Cc1ccc2c(c1)OC1(C)OC21C. The third-order valence-corrected chi connectivity index (χ3v) is 3.18. The van der Waals surface area contributed by atoms with Gasteiger partial charge < -0.3 is 9.47 Å². The number of hydrogen-bond acceptors (Lipinski definition) is 2. The summed E-state index contributed by atoms with van der Waals surface area (Å²) in [6.45, 7) is 6.13. The number of aryl methyl sites for hydroxylation is 1. The summed E-state index contributed by atoms with van der Waals surface area (Å²) >= 11 is 0. The second kappa shape index (κ2) is 1.75. The first-order chi connectivity index (χ1) is 6.05. The number of hydrogen-bond donors (Lipinski definition) is 0. The lowest BCUT2D eigenvalue weighted by Gasteiger charge is -2.07. The van der Waals surface area contributed by atoms with E-state index in [1.54, 1.807) is 0 Å². The molecule has 3 rings (SSSR count). The van der Waals surface area contributed by atoms with Gasteiger partial charge in [-0.25, -0.2) is 0 Å². The van der Waals surface area contributed by atoms with E-state index in [2.05, 4.69) is 32.0 Å². The fraction of sp³-hybridized carbons (Fsp3) is 0.455. The van der Waals surface area contributed by atoms with Gasteiger partial charge in [-0.3, -0.25) is 0 Å². The van der Waals surface area contributed by atoms with Gasteiger partial charge in [-0.1, -0.05) is 12.1 Å². The predicted octanol–water partition coefficient (Wildman–Crippen LogP) is 2.35. The normalized spacial score (nSPS) is 39.3. The molecule has 0 radical (unpaired) electrons. The van der Waals surface area contributed by atoms with E-state index in [1.165, 1.54) is 11.1 Å². The van der Waals surface area contributed by atoms with Crippen molar-refractivity contribution >= 4 is 0 Å². The number of benzene rings is 1. The van der Waals surface area contributed by atoms with Crippen LogP contribution in [0.3, 0.4) is 0 Å². The highest BCUT2D eigenvalue weighted by Crippen LogP contribution is 2.63. The molecule has 1 aromatic carbocycles. The Morgan fingerprint density at radius 3 is 2.77 bits per heavy atom. The Morgan fingerprint density at radius 2 is 2.00 bits per heavy atom. The van der Waals surface area contributed by atoms with Crippen LogP contribution in [0.5, 0.6) is 5.75 Å². The zero-order valence-corrected chi connectivity index (χ0v) is 8.05. The summed E-state index contributed by atoms with van der Waals surface area (Å²) < 4.78 is 11.3. The Morgan fingerprint density at radius 1 is 1.23 bits per heavy atom. The van der Waals surface area contributed by atoms with Gasteiger partial charge in [0.25, 0.3) is 0 Å². The molecule has 2 heterocycles. The second-order valence-electron chi connectivity index (χ2n) is 4.18. The topological polar surface area (TPSA) is 21.8 Å². The molecule has 2 aliphatic rings. The first kappa shape index (κ1) is 7.39. The summed E-state index contributed by atoms with van der Waals surface area (Å²) in [5, 5.41) is 0. The van der Waals surface area contributed by atoms with Gasteiger partial charge in [-0.05, 0) is 25.5 Å². The van der Waals surface area contributed by atoms with Gasteiger partial charge in [-0.2, -0.15) is 0 Å². The first-order valence-corrected chi connectivity index (χ1v) is 4.55. The van der Waals surface area contributed by atoms with Crippen molar-refractivity contribution in [1.82, 2.24) is 0 Å². The predicted molar refractivity (Wildman–Crippen MR) is 48.6 cm³/mol. The van der Waals surface area contributed by atoms with Gasteiger partial charge in [0.15, 0.2) is 5.60 Å². The maximum atomic E-state index is 5.73. The summed E-state index contributed by atoms with van der Waals surface area (Å²) in [7, 11) is 0. The quantitative estimate of drug-likeness (QED) is 0.566. The van der Waals surface area contributed by atoms with Crippen molar-refractivity contribution in [3.63, 3.8) is 0 Å². The van der Waals surface area contributed by atoms with Crippen molar-refractivity contribution in [2.75, 3.05) is 0 Å². The molecule has 68 valence electrons. The molecular formula is C11H12O2. The van der Waals surface area contributed by atoms with Gasteiger partial charge >= 0.3 is 0 Å². The molecule has 2 unspecified atom stereocenters. The largest absolute Gasteiger partial charge is 0.459 e. The highest BCUT2D eigenvalue weighted by Gasteiger charge is 2.72. The molecule has 0 saturated carbocycles. The molecule has 0 aliphatic carbocycles. The fourth-order valence-electron chi connectivity index (χ4n) is 2.10. The van der Waals surface area contributed by atoms with Crippen molar-refractivity contribution in [1.29, 1.82) is 0 Å². The van der Waals surface area contributed by atoms with Crippen molar-refractivity contribution in [2.24, 2.45) is 0 Å². The van der Waals surface area contributed by atoms with Crippen LogP contribution in [0.15, 0.2) is 18.2 Å². The summed E-state index contributed by atoms with van der Waals surface area (Å²) in [6.07, 6.45) is 0. The summed E-state index contributed by atoms with van der Waals surface area (Å²) in [4.78, 5) is 0. The Bertz CT molecular complexity index is 399. The number of ether oxygens (including phenoxy) is 2. The van der Waals surface area contributed by atoms with Crippen LogP contribution in [-0.4, -0.2) is 5.79 Å². The van der Waals surface area contributed by atoms with Crippen LogP contribution in [0.4, 0.5) is 0 Å². The van der Waals surface area contributed by atoms with E-state index in [4.69, 9.17) is 9.47 Å². The van der Waals surface area contributed by atoms with E-state index in [-0.39, 0.29) is 5.60 Å². The van der Waals surface area contributed by atoms with E-state index in [9.17, 15) is 0 Å². The summed E-state index contributed by atoms with van der Waals surface area (Å²) in [5.41, 5.74) is 2.21. The number of rotatable bonds is 0. The summed E-state index contributed by atoms with van der Waals surface area (Å²) in [5.74, 6) is 0.583. The molecule has 1 aromatic rings. The van der Waals surface area contributed by atoms with Crippen LogP contribution >= 0.6 is 0 Å². The van der Waals surface area contributed by atoms with Gasteiger partial charge in [0.2, 0.25) is 5.79 Å². The lowest BCUT2D eigenvalue weighted by molar-refractivity contribution is 0.0780. The van der Waals surface area contributed by atoms with Crippen LogP contribution in [0.2, 0.25) is 0 Å². The minimum Gasteiger partial charge on any atom is -0.459 e. The van der Waals surface area contributed by atoms with Crippen LogP contribution in [-0.2, 0) is 10.3 Å². The Hall–Kier alpha value is -1.02. The molecule has 0 aromatic heterocycles. The Kier molecular flexibility index (Phi) is 0.996. The molecule has 2 atom stereocenters. The van der Waals surface area contributed by atoms with Gasteiger partial charge in [-0.15, -0.1) is 0 Å². The number of fused-ring (bicyclic) bond motifs is 3. The Balaban J connectivity index is 2.20. The van der Waals surface area contributed by atoms with Gasteiger partial charge in [0, 0.05) is 12.5 Å². The van der Waals surface area contributed by atoms with Crippen LogP contribution in [0.25, 0.3) is 0 Å². The molecule has 1 fully saturated rings. The first-order valence-electron chi connectivity index (χ1n) is 4.55. The van der Waals surface area contributed by atoms with Crippen molar-refractivity contribution < 1.29 is 9.47 Å². The molecule has 2 nitrogen and oxygen atoms in total. The van der Waals surface area contributed by atoms with Crippen molar-refractivity contribution in [3.05, 3.63) is 29.3 Å². The smallest absolute Gasteiger partial charge is 0.242 e. The monoisotopic (exact) mass is 176 g/mol. The maximum absolute atomic E-state index is 5.73. The third-order valence-electron chi connectivity index (χ3n) is 3.18. The molecule has 0 spiro atoms. The molecule has 0 N–H and O–H groups in total. The zero-order chi connectivity index (χ0) is 9.27. The Labute approximate surface area is 77.5 Å². The molecule has 0 amide bonds. The van der Waals surface area contributed by atoms with E-state index in [0.29, 0.717) is 0 Å². The van der Waals surface area contributed by atoms with Gasteiger partial charge in [0.05, 0.1) is 0 Å². The zero-order valence-electron chi connectivity index (χ0n) is 8.05. The van der Waals surface area contributed by atoms with E-state index in [0.717, 1.165) is 5.75 Å². The molecule has 2 heteroatoms. The van der Waals surface area contributed by atoms with Crippen LogP contribution in [0.1, 0.15) is 25.0 Å². The molecule has 0 bridgehead atoms. The highest BCUT2D eigenvalue weighted by atomic mass is 16.8. The average Bonchev–Trinajstić information content (AvgIpc) is 2.46. The average molecular weight is 176 g/mol. The summed E-state index contributed by atoms with van der Waals surface area (Å²) in [6, 6.07) is 6.27. The van der Waals surface area contributed by atoms with Crippen molar-refractivity contribution in [2.45, 2.75) is 32.2 Å². The minimum atomic E-state index is -0.400. The van der Waals surface area contributed by atoms with Crippen LogP contribution in [0, 0.1) is 6.92 Å². The van der Waals surface area contributed by atoms with E-state index in [1.807, 2.05) is 6.92 Å². The van der Waals surface area contributed by atoms with E-state index < -0.39 is 5.79 Å². The molecule has 13 heavy (non-hydrogen) atoms. The lowest BCUT2D eigenvalue weighted by Crippen LogP contribution is -2.16. The second-order valence-corrected chi connectivity index (χ2v) is 4.18. The minimum absolute atomic E-state index is 0.198. The molecule has 1 saturated heterocycles. The van der Waals surface area contributed by atoms with Crippen LogP contribution < -0.4 is 4.74 Å². The standard InChI is InChI=1S/C11H12O2/c1-7-4-5-8-9(6-7)12-11(3)10(8,2)13-11/h4-6H,1-3H3. The van der Waals surface area contributed by atoms with Crippen molar-refractivity contribution in [3.8, 4) is 5.75 Å². The third kappa shape index (κ3) is 0.684. The lowest BCUT2D eigenvalue weighted by atomic mass is 9.97. The molecule has 2 aliphatic heterocycles. The van der Waals surface area contributed by atoms with E-state index >= 15 is 0 Å². The highest BCUT2D eigenvalue weighted by molar-refractivity contribution is 5.49. The number of epoxide rings is 1. The molecular weight excluding hydrogens is 164 g/mol.